The van der Waals surface area contributed by atoms with Crippen molar-refractivity contribution in [3.05, 3.63) is 89.1 Å². The molecule has 2 aromatic carbocycles. The van der Waals surface area contributed by atoms with E-state index in [1.54, 1.807) is 42.5 Å². The fraction of sp³-hybridized carbons (Fsp3) is 0.393. The molecule has 0 radical (unpaired) electrons. The van der Waals surface area contributed by atoms with Crippen LogP contribution in [0, 0.1) is 19.7 Å². The van der Waals surface area contributed by atoms with Crippen LogP contribution in [0.5, 0.6) is 0 Å². The minimum atomic E-state index is -3.94. The summed E-state index contributed by atoms with van der Waals surface area (Å²) < 4.78 is 53.2. The molecule has 38 heavy (non-hydrogen) atoms. The molecule has 0 saturated carbocycles. The fourth-order valence-electron chi connectivity index (χ4n) is 4.27. The van der Waals surface area contributed by atoms with Gasteiger partial charge < -0.3 is 14.1 Å². The molecule has 3 aromatic rings. The third-order valence-corrected chi connectivity index (χ3v) is 8.38. The Bertz CT molecular complexity index is 1300. The summed E-state index contributed by atoms with van der Waals surface area (Å²) in [6.45, 7) is 6.96. The number of amides is 1. The van der Waals surface area contributed by atoms with E-state index in [1.165, 1.54) is 21.3 Å². The van der Waals surface area contributed by atoms with E-state index in [4.69, 9.17) is 9.15 Å². The maximum absolute atomic E-state index is 13.7. The first-order valence-electron chi connectivity index (χ1n) is 12.7. The highest BCUT2D eigenvalue weighted by atomic mass is 32.2. The topological polar surface area (TPSA) is 83.3 Å². The Kier molecular flexibility index (Phi) is 9.32. The minimum absolute atomic E-state index is 0.143. The Labute approximate surface area is 223 Å². The zero-order valence-corrected chi connectivity index (χ0v) is 22.6. The molecular formula is C28H34FN3O5S. The van der Waals surface area contributed by atoms with E-state index in [1.807, 2.05) is 19.9 Å². The van der Waals surface area contributed by atoms with E-state index in [2.05, 4.69) is 4.90 Å². The SMILES string of the molecule is Cc1ccc(S(=O)(=O)N(CCN2CCOCC2)CC(=O)N(Cc2ccc(F)cc2)Cc2ccc(C)o2)cc1. The van der Waals surface area contributed by atoms with Gasteiger partial charge in [0.2, 0.25) is 15.9 Å². The van der Waals surface area contributed by atoms with Crippen LogP contribution in [-0.2, 0) is 32.6 Å². The molecule has 2 heterocycles. The predicted octanol–water partition coefficient (Wildman–Crippen LogP) is 3.59. The van der Waals surface area contributed by atoms with Crippen LogP contribution in [-0.4, -0.2) is 74.4 Å². The van der Waals surface area contributed by atoms with Crippen molar-refractivity contribution in [2.45, 2.75) is 31.8 Å². The van der Waals surface area contributed by atoms with Gasteiger partial charge in [0, 0.05) is 32.7 Å². The highest BCUT2D eigenvalue weighted by molar-refractivity contribution is 7.89. The van der Waals surface area contributed by atoms with E-state index in [-0.39, 0.29) is 42.8 Å². The number of ether oxygens (including phenoxy) is 1. The van der Waals surface area contributed by atoms with E-state index in [0.717, 1.165) is 11.1 Å². The molecule has 0 bridgehead atoms. The summed E-state index contributed by atoms with van der Waals surface area (Å²) in [5.41, 5.74) is 1.67. The Hall–Kier alpha value is -3.05. The van der Waals surface area contributed by atoms with Crippen molar-refractivity contribution in [3.8, 4) is 0 Å². The molecule has 0 N–H and O–H groups in total. The predicted molar refractivity (Wildman–Crippen MR) is 141 cm³/mol. The van der Waals surface area contributed by atoms with E-state index in [9.17, 15) is 17.6 Å². The fourth-order valence-corrected chi connectivity index (χ4v) is 5.65. The molecule has 1 aliphatic rings. The highest BCUT2D eigenvalue weighted by Gasteiger charge is 2.29. The van der Waals surface area contributed by atoms with Crippen LogP contribution in [0.1, 0.15) is 22.6 Å². The van der Waals surface area contributed by atoms with E-state index in [0.29, 0.717) is 44.4 Å². The zero-order chi connectivity index (χ0) is 27.1. The van der Waals surface area contributed by atoms with Gasteiger partial charge >= 0.3 is 0 Å². The Morgan fingerprint density at radius 1 is 0.947 bits per heavy atom. The molecule has 8 nitrogen and oxygen atoms in total. The van der Waals surface area contributed by atoms with Crippen LogP contribution in [0.4, 0.5) is 4.39 Å². The van der Waals surface area contributed by atoms with Gasteiger partial charge in [-0.15, -0.1) is 0 Å². The number of benzene rings is 2. The molecule has 0 aliphatic carbocycles. The number of hydrogen-bond donors (Lipinski definition) is 0. The van der Waals surface area contributed by atoms with Crippen LogP contribution in [0.25, 0.3) is 0 Å². The van der Waals surface area contributed by atoms with Crippen molar-refractivity contribution < 1.29 is 26.8 Å². The van der Waals surface area contributed by atoms with Gasteiger partial charge in [-0.3, -0.25) is 9.69 Å². The quantitative estimate of drug-likeness (QED) is 0.368. The van der Waals surface area contributed by atoms with E-state index >= 15 is 0 Å². The van der Waals surface area contributed by atoms with Gasteiger partial charge in [-0.2, -0.15) is 4.31 Å². The smallest absolute Gasteiger partial charge is 0.243 e. The zero-order valence-electron chi connectivity index (χ0n) is 21.8. The molecule has 1 aliphatic heterocycles. The number of aryl methyl sites for hydroxylation is 2. The van der Waals surface area contributed by atoms with Crippen molar-refractivity contribution in [2.24, 2.45) is 0 Å². The normalized spacial score (nSPS) is 14.6. The number of morpholine rings is 1. The number of nitrogens with zero attached hydrogens (tertiary/aromatic N) is 3. The van der Waals surface area contributed by atoms with Crippen LogP contribution < -0.4 is 0 Å². The standard InChI is InChI=1S/C28H34FN3O5S/c1-22-3-11-27(12-4-22)38(34,35)32(14-13-30-15-17-36-18-16-30)21-28(33)31(20-26-10-5-23(2)37-26)19-24-6-8-25(29)9-7-24/h3-12H,13-21H2,1-2H3. The number of furan rings is 1. The first kappa shape index (κ1) is 28.0. The molecule has 204 valence electrons. The number of carbonyl (C=O) groups excluding carboxylic acids is 1. The molecule has 1 amide bonds. The van der Waals surface area contributed by atoms with Crippen molar-refractivity contribution in [3.63, 3.8) is 0 Å². The minimum Gasteiger partial charge on any atom is -0.464 e. The van der Waals surface area contributed by atoms with E-state index < -0.39 is 10.0 Å². The van der Waals surface area contributed by atoms with Crippen LogP contribution >= 0.6 is 0 Å². The summed E-state index contributed by atoms with van der Waals surface area (Å²) in [5, 5.41) is 0. The lowest BCUT2D eigenvalue weighted by Crippen LogP contribution is -2.47. The van der Waals surface area contributed by atoms with Gasteiger partial charge in [0.15, 0.2) is 0 Å². The summed E-state index contributed by atoms with van der Waals surface area (Å²) in [5.74, 6) is 0.551. The maximum atomic E-state index is 13.7. The second-order valence-corrected chi connectivity index (χ2v) is 11.4. The molecule has 1 aromatic heterocycles. The largest absolute Gasteiger partial charge is 0.464 e. The molecule has 1 saturated heterocycles. The molecule has 0 atom stereocenters. The average Bonchev–Trinajstić information content (AvgIpc) is 3.32. The highest BCUT2D eigenvalue weighted by Crippen LogP contribution is 2.19. The first-order chi connectivity index (χ1) is 18.2. The molecule has 0 unspecified atom stereocenters. The Morgan fingerprint density at radius 3 is 2.26 bits per heavy atom. The Balaban J connectivity index is 1.58. The number of sulfonamides is 1. The molecule has 10 heteroatoms. The molecule has 1 fully saturated rings. The molecule has 0 spiro atoms. The molecule has 4 rings (SSSR count). The van der Waals surface area contributed by atoms with Crippen molar-refractivity contribution in [1.82, 2.24) is 14.1 Å². The number of rotatable bonds is 11. The second kappa shape index (κ2) is 12.7. The third kappa shape index (κ3) is 7.50. The summed E-state index contributed by atoms with van der Waals surface area (Å²) in [7, 11) is -3.94. The number of halogens is 1. The molecular weight excluding hydrogens is 509 g/mol. The summed E-state index contributed by atoms with van der Waals surface area (Å²) in [6, 6.07) is 16.1. The van der Waals surface area contributed by atoms with Gasteiger partial charge in [0.1, 0.15) is 17.3 Å². The van der Waals surface area contributed by atoms with Gasteiger partial charge in [-0.1, -0.05) is 29.8 Å². The summed E-state index contributed by atoms with van der Waals surface area (Å²) >= 11 is 0. The third-order valence-electron chi connectivity index (χ3n) is 6.52. The van der Waals surface area contributed by atoms with Gasteiger partial charge in [0.05, 0.1) is 31.2 Å². The summed E-state index contributed by atoms with van der Waals surface area (Å²) in [4.78, 5) is 17.5. The van der Waals surface area contributed by atoms with Gasteiger partial charge in [0.25, 0.3) is 0 Å². The lowest BCUT2D eigenvalue weighted by molar-refractivity contribution is -0.133. The lowest BCUT2D eigenvalue weighted by atomic mass is 10.2. The summed E-state index contributed by atoms with van der Waals surface area (Å²) in [6.07, 6.45) is 0. The van der Waals surface area contributed by atoms with Crippen molar-refractivity contribution in [2.75, 3.05) is 45.9 Å². The lowest BCUT2D eigenvalue weighted by Gasteiger charge is -2.31. The van der Waals surface area contributed by atoms with Crippen molar-refractivity contribution >= 4 is 15.9 Å². The average molecular weight is 544 g/mol. The maximum Gasteiger partial charge on any atom is 0.243 e. The van der Waals surface area contributed by atoms with Crippen LogP contribution in [0.2, 0.25) is 0 Å². The number of carbonyl (C=O) groups is 1. The first-order valence-corrected chi connectivity index (χ1v) is 14.1. The number of hydrogen-bond acceptors (Lipinski definition) is 6. The van der Waals surface area contributed by atoms with Crippen LogP contribution in [0.15, 0.2) is 70.0 Å². The monoisotopic (exact) mass is 543 g/mol. The Morgan fingerprint density at radius 2 is 1.63 bits per heavy atom. The van der Waals surface area contributed by atoms with Crippen molar-refractivity contribution in [1.29, 1.82) is 0 Å². The van der Waals surface area contributed by atoms with Gasteiger partial charge in [-0.25, -0.2) is 12.8 Å². The van der Waals surface area contributed by atoms with Gasteiger partial charge in [-0.05, 0) is 55.8 Å². The van der Waals surface area contributed by atoms with Crippen LogP contribution in [0.3, 0.4) is 0 Å². The second-order valence-electron chi connectivity index (χ2n) is 9.49.